The Labute approximate surface area is 170 Å². The molecule has 0 spiro atoms. The smallest absolute Gasteiger partial charge is 0.279 e. The predicted molar refractivity (Wildman–Crippen MR) is 111 cm³/mol. The summed E-state index contributed by atoms with van der Waals surface area (Å²) in [5, 5.41) is 11.9. The van der Waals surface area contributed by atoms with Crippen LogP contribution in [0.25, 0.3) is 20.9 Å². The van der Waals surface area contributed by atoms with Crippen molar-refractivity contribution in [3.63, 3.8) is 0 Å². The standard InChI is InChI=1S/C19H14N4O4S2/c1-12-13(18-21-15-8-5-11-20-19(15)28-18)6-4-7-14(12)22-29(26,27)17-10-3-2-9-16(17)23(24)25/h2-11,22H,1H3. The molecule has 8 nitrogen and oxygen atoms in total. The van der Waals surface area contributed by atoms with Crippen LogP contribution in [0.5, 0.6) is 0 Å². The minimum absolute atomic E-state index is 0.327. The van der Waals surface area contributed by atoms with E-state index in [1.54, 1.807) is 31.3 Å². The zero-order chi connectivity index (χ0) is 20.6. The first-order valence-corrected chi connectivity index (χ1v) is 10.7. The highest BCUT2D eigenvalue weighted by molar-refractivity contribution is 7.92. The molecular formula is C19H14N4O4S2. The quantitative estimate of drug-likeness (QED) is 0.374. The first-order valence-electron chi connectivity index (χ1n) is 8.44. The first kappa shape index (κ1) is 19.0. The summed E-state index contributed by atoms with van der Waals surface area (Å²) in [6, 6.07) is 14.0. The van der Waals surface area contributed by atoms with E-state index in [9.17, 15) is 18.5 Å². The fourth-order valence-corrected chi connectivity index (χ4v) is 5.18. The highest BCUT2D eigenvalue weighted by Gasteiger charge is 2.26. The molecule has 29 heavy (non-hydrogen) atoms. The third-order valence-electron chi connectivity index (χ3n) is 4.33. The number of hydrogen-bond acceptors (Lipinski definition) is 7. The number of thiazole rings is 1. The maximum absolute atomic E-state index is 12.8. The average molecular weight is 426 g/mol. The number of nitro benzene ring substituents is 1. The van der Waals surface area contributed by atoms with Crippen molar-refractivity contribution in [3.8, 4) is 10.6 Å². The third-order valence-corrected chi connectivity index (χ3v) is 6.75. The van der Waals surface area contributed by atoms with Crippen molar-refractivity contribution < 1.29 is 13.3 Å². The topological polar surface area (TPSA) is 115 Å². The van der Waals surface area contributed by atoms with Crippen LogP contribution in [-0.4, -0.2) is 23.3 Å². The Balaban J connectivity index is 1.75. The van der Waals surface area contributed by atoms with Crippen LogP contribution >= 0.6 is 11.3 Å². The number of pyridine rings is 1. The van der Waals surface area contributed by atoms with E-state index < -0.39 is 20.6 Å². The van der Waals surface area contributed by atoms with E-state index in [0.29, 0.717) is 16.3 Å². The van der Waals surface area contributed by atoms with Gasteiger partial charge in [-0.3, -0.25) is 14.8 Å². The van der Waals surface area contributed by atoms with E-state index in [1.165, 1.54) is 29.5 Å². The number of para-hydroxylation sites is 1. The molecule has 0 radical (unpaired) electrons. The molecule has 146 valence electrons. The van der Waals surface area contributed by atoms with Crippen LogP contribution in [0.1, 0.15) is 5.56 Å². The Morgan fingerprint density at radius 1 is 1.07 bits per heavy atom. The number of nitro groups is 1. The van der Waals surface area contributed by atoms with Gasteiger partial charge in [-0.2, -0.15) is 0 Å². The fraction of sp³-hybridized carbons (Fsp3) is 0.0526. The van der Waals surface area contributed by atoms with Crippen LogP contribution in [0.15, 0.2) is 65.7 Å². The summed E-state index contributed by atoms with van der Waals surface area (Å²) in [4.78, 5) is 19.7. The molecule has 2 heterocycles. The zero-order valence-electron chi connectivity index (χ0n) is 15.1. The predicted octanol–water partition coefficient (Wildman–Crippen LogP) is 4.38. The molecule has 0 aliphatic carbocycles. The van der Waals surface area contributed by atoms with Gasteiger partial charge in [0.15, 0.2) is 4.90 Å². The van der Waals surface area contributed by atoms with Crippen molar-refractivity contribution in [2.24, 2.45) is 0 Å². The third kappa shape index (κ3) is 3.55. The van der Waals surface area contributed by atoms with Crippen molar-refractivity contribution in [2.75, 3.05) is 4.72 Å². The number of sulfonamides is 1. The van der Waals surface area contributed by atoms with E-state index in [2.05, 4.69) is 14.7 Å². The maximum Gasteiger partial charge on any atom is 0.289 e. The second kappa shape index (κ2) is 7.22. The second-order valence-corrected chi connectivity index (χ2v) is 8.78. The van der Waals surface area contributed by atoms with E-state index >= 15 is 0 Å². The molecule has 2 aromatic carbocycles. The summed E-state index contributed by atoms with van der Waals surface area (Å²) in [5.41, 5.74) is 2.03. The van der Waals surface area contributed by atoms with Crippen LogP contribution in [0, 0.1) is 17.0 Å². The van der Waals surface area contributed by atoms with Gasteiger partial charge in [0.1, 0.15) is 15.4 Å². The fourth-order valence-electron chi connectivity index (χ4n) is 2.90. The van der Waals surface area contributed by atoms with Gasteiger partial charge < -0.3 is 0 Å². The summed E-state index contributed by atoms with van der Waals surface area (Å²) in [5.74, 6) is 0. The minimum Gasteiger partial charge on any atom is -0.279 e. The molecule has 0 saturated heterocycles. The van der Waals surface area contributed by atoms with Crippen LogP contribution in [-0.2, 0) is 10.0 Å². The van der Waals surface area contributed by atoms with Crippen molar-refractivity contribution in [3.05, 3.63) is 76.5 Å². The summed E-state index contributed by atoms with van der Waals surface area (Å²) < 4.78 is 28.1. The number of fused-ring (bicyclic) bond motifs is 1. The number of rotatable bonds is 5. The molecule has 0 fully saturated rings. The van der Waals surface area contributed by atoms with Gasteiger partial charge in [0.25, 0.3) is 15.7 Å². The Kier molecular flexibility index (Phi) is 4.73. The number of aromatic nitrogens is 2. The molecule has 1 N–H and O–H groups in total. The molecule has 10 heteroatoms. The van der Waals surface area contributed by atoms with Crippen LogP contribution in [0.2, 0.25) is 0 Å². The summed E-state index contributed by atoms with van der Waals surface area (Å²) in [6.45, 7) is 1.77. The van der Waals surface area contributed by atoms with Gasteiger partial charge in [-0.1, -0.05) is 35.6 Å². The van der Waals surface area contributed by atoms with Gasteiger partial charge in [0.2, 0.25) is 0 Å². The zero-order valence-corrected chi connectivity index (χ0v) is 16.7. The number of benzene rings is 2. The van der Waals surface area contributed by atoms with Gasteiger partial charge in [-0.15, -0.1) is 0 Å². The molecular weight excluding hydrogens is 412 g/mol. The maximum atomic E-state index is 12.8. The van der Waals surface area contributed by atoms with E-state index in [-0.39, 0.29) is 4.90 Å². The number of anilines is 1. The van der Waals surface area contributed by atoms with Crippen molar-refractivity contribution in [2.45, 2.75) is 11.8 Å². The van der Waals surface area contributed by atoms with E-state index in [0.717, 1.165) is 22.0 Å². The molecule has 4 aromatic rings. The van der Waals surface area contributed by atoms with Gasteiger partial charge in [-0.05, 0) is 36.8 Å². The minimum atomic E-state index is -4.16. The van der Waals surface area contributed by atoms with Crippen molar-refractivity contribution in [1.82, 2.24) is 9.97 Å². The SMILES string of the molecule is Cc1c(NS(=O)(=O)c2ccccc2[N+](=O)[O-])cccc1-c1nc2cccnc2s1. The highest BCUT2D eigenvalue weighted by Crippen LogP contribution is 2.35. The van der Waals surface area contributed by atoms with Crippen molar-refractivity contribution in [1.29, 1.82) is 0 Å². The summed E-state index contributed by atoms with van der Waals surface area (Å²) in [7, 11) is -4.16. The van der Waals surface area contributed by atoms with E-state index in [1.807, 2.05) is 12.1 Å². The van der Waals surface area contributed by atoms with Gasteiger partial charge in [0, 0.05) is 17.8 Å². The molecule has 0 aliphatic heterocycles. The molecule has 0 aliphatic rings. The lowest BCUT2D eigenvalue weighted by molar-refractivity contribution is -0.387. The summed E-state index contributed by atoms with van der Waals surface area (Å²) in [6.07, 6.45) is 1.69. The van der Waals surface area contributed by atoms with Gasteiger partial charge in [-0.25, -0.2) is 18.4 Å². The lowest BCUT2D eigenvalue weighted by Gasteiger charge is -2.13. The Morgan fingerprint density at radius 3 is 2.62 bits per heavy atom. The molecule has 0 saturated carbocycles. The molecule has 0 amide bonds. The Morgan fingerprint density at radius 2 is 1.86 bits per heavy atom. The number of nitrogens with one attached hydrogen (secondary N) is 1. The molecule has 0 bridgehead atoms. The van der Waals surface area contributed by atoms with Crippen LogP contribution in [0.4, 0.5) is 11.4 Å². The molecule has 4 rings (SSSR count). The highest BCUT2D eigenvalue weighted by atomic mass is 32.2. The van der Waals surface area contributed by atoms with E-state index in [4.69, 9.17) is 0 Å². The first-order chi connectivity index (χ1) is 13.9. The number of nitrogens with zero attached hydrogens (tertiary/aromatic N) is 3. The lowest BCUT2D eigenvalue weighted by Crippen LogP contribution is -2.15. The largest absolute Gasteiger partial charge is 0.289 e. The molecule has 0 unspecified atom stereocenters. The van der Waals surface area contributed by atoms with Crippen molar-refractivity contribution >= 4 is 43.1 Å². The molecule has 2 aromatic heterocycles. The Bertz CT molecular complexity index is 1320. The average Bonchev–Trinajstić information content (AvgIpc) is 3.13. The monoisotopic (exact) mass is 426 g/mol. The summed E-state index contributed by atoms with van der Waals surface area (Å²) >= 11 is 1.41. The normalized spacial score (nSPS) is 11.5. The van der Waals surface area contributed by atoms with Crippen LogP contribution < -0.4 is 4.72 Å². The van der Waals surface area contributed by atoms with Crippen LogP contribution in [0.3, 0.4) is 0 Å². The van der Waals surface area contributed by atoms with Gasteiger partial charge in [0.05, 0.1) is 10.6 Å². The number of hydrogen-bond donors (Lipinski definition) is 1. The van der Waals surface area contributed by atoms with Gasteiger partial charge >= 0.3 is 0 Å². The molecule has 0 atom stereocenters. The second-order valence-electron chi connectivity index (χ2n) is 6.16. The Hall–Kier alpha value is -3.37. The lowest BCUT2D eigenvalue weighted by atomic mass is 10.1.